The van der Waals surface area contributed by atoms with Crippen molar-refractivity contribution < 1.29 is 9.13 Å². The van der Waals surface area contributed by atoms with Crippen molar-refractivity contribution in [2.24, 2.45) is 0 Å². The summed E-state index contributed by atoms with van der Waals surface area (Å²) >= 11 is 3.17. The Labute approximate surface area is 79.0 Å². The molecule has 12 heavy (non-hydrogen) atoms. The van der Waals surface area contributed by atoms with Crippen molar-refractivity contribution in [1.29, 1.82) is 0 Å². The zero-order chi connectivity index (χ0) is 8.97. The Balaban J connectivity index is 2.94. The molecule has 0 aliphatic rings. The molecule has 0 aromatic heterocycles. The SMILES string of the molecule is CO/C=C/c1ccc(Br)cc1F. The number of benzene rings is 1. The van der Waals surface area contributed by atoms with Crippen LogP contribution in [0.2, 0.25) is 0 Å². The molecular formula is C9H8BrFO. The molecule has 1 aromatic carbocycles. The van der Waals surface area contributed by atoms with Crippen molar-refractivity contribution >= 4 is 22.0 Å². The van der Waals surface area contributed by atoms with Crippen LogP contribution >= 0.6 is 15.9 Å². The first kappa shape index (κ1) is 9.26. The van der Waals surface area contributed by atoms with Crippen LogP contribution in [0.1, 0.15) is 5.56 Å². The van der Waals surface area contributed by atoms with E-state index in [2.05, 4.69) is 20.7 Å². The summed E-state index contributed by atoms with van der Waals surface area (Å²) < 4.78 is 18.4. The van der Waals surface area contributed by atoms with Gasteiger partial charge in [-0.1, -0.05) is 22.0 Å². The van der Waals surface area contributed by atoms with E-state index in [1.54, 1.807) is 18.2 Å². The second-order valence-corrected chi connectivity index (χ2v) is 3.12. The molecule has 0 saturated carbocycles. The third-order valence-electron chi connectivity index (χ3n) is 1.35. The van der Waals surface area contributed by atoms with Crippen molar-refractivity contribution in [1.82, 2.24) is 0 Å². The van der Waals surface area contributed by atoms with Gasteiger partial charge in [0.25, 0.3) is 0 Å². The minimum atomic E-state index is -0.266. The molecule has 0 N–H and O–H groups in total. The van der Waals surface area contributed by atoms with Gasteiger partial charge in [-0.3, -0.25) is 0 Å². The Kier molecular flexibility index (Phi) is 3.29. The lowest BCUT2D eigenvalue weighted by molar-refractivity contribution is 0.341. The highest BCUT2D eigenvalue weighted by atomic mass is 79.9. The van der Waals surface area contributed by atoms with Crippen LogP contribution in [0, 0.1) is 5.82 Å². The van der Waals surface area contributed by atoms with Crippen molar-refractivity contribution in [3.8, 4) is 0 Å². The van der Waals surface area contributed by atoms with Gasteiger partial charge in [-0.15, -0.1) is 0 Å². The summed E-state index contributed by atoms with van der Waals surface area (Å²) in [7, 11) is 1.52. The maximum Gasteiger partial charge on any atom is 0.131 e. The van der Waals surface area contributed by atoms with Gasteiger partial charge >= 0.3 is 0 Å². The molecule has 0 atom stereocenters. The van der Waals surface area contributed by atoms with E-state index in [4.69, 9.17) is 0 Å². The van der Waals surface area contributed by atoms with Crippen LogP contribution in [-0.4, -0.2) is 7.11 Å². The molecule has 1 rings (SSSR count). The molecule has 0 radical (unpaired) electrons. The lowest BCUT2D eigenvalue weighted by Gasteiger charge is -1.96. The maximum absolute atomic E-state index is 13.0. The summed E-state index contributed by atoms with van der Waals surface area (Å²) in [6, 6.07) is 4.86. The molecule has 0 bridgehead atoms. The predicted molar refractivity (Wildman–Crippen MR) is 50.1 cm³/mol. The molecule has 64 valence electrons. The Morgan fingerprint density at radius 3 is 2.83 bits per heavy atom. The van der Waals surface area contributed by atoms with Gasteiger partial charge in [-0.25, -0.2) is 4.39 Å². The van der Waals surface area contributed by atoms with E-state index >= 15 is 0 Å². The van der Waals surface area contributed by atoms with Crippen LogP contribution in [0.15, 0.2) is 28.9 Å². The summed E-state index contributed by atoms with van der Waals surface area (Å²) in [4.78, 5) is 0. The smallest absolute Gasteiger partial charge is 0.131 e. The first-order valence-electron chi connectivity index (χ1n) is 3.38. The van der Waals surface area contributed by atoms with Gasteiger partial charge in [0.2, 0.25) is 0 Å². The first-order valence-corrected chi connectivity index (χ1v) is 4.17. The van der Waals surface area contributed by atoms with E-state index in [0.717, 1.165) is 4.47 Å². The van der Waals surface area contributed by atoms with E-state index in [9.17, 15) is 4.39 Å². The maximum atomic E-state index is 13.0. The Hall–Kier alpha value is -0.830. The van der Waals surface area contributed by atoms with E-state index < -0.39 is 0 Å². The minimum absolute atomic E-state index is 0.266. The molecule has 1 aromatic rings. The number of rotatable bonds is 2. The highest BCUT2D eigenvalue weighted by Crippen LogP contribution is 2.16. The van der Waals surface area contributed by atoms with E-state index in [1.807, 2.05) is 0 Å². The van der Waals surface area contributed by atoms with Crippen LogP contribution in [-0.2, 0) is 4.74 Å². The van der Waals surface area contributed by atoms with Crippen LogP contribution in [0.3, 0.4) is 0 Å². The number of hydrogen-bond donors (Lipinski definition) is 0. The van der Waals surface area contributed by atoms with Crippen LogP contribution < -0.4 is 0 Å². The first-order chi connectivity index (χ1) is 5.74. The lowest BCUT2D eigenvalue weighted by Crippen LogP contribution is -1.81. The number of methoxy groups -OCH3 is 1. The molecule has 0 spiro atoms. The van der Waals surface area contributed by atoms with Gasteiger partial charge in [0.1, 0.15) is 5.82 Å². The number of halogens is 2. The van der Waals surface area contributed by atoms with Gasteiger partial charge < -0.3 is 4.74 Å². The molecule has 0 amide bonds. The summed E-state index contributed by atoms with van der Waals surface area (Å²) in [6.07, 6.45) is 3.01. The fourth-order valence-corrected chi connectivity index (χ4v) is 1.11. The molecule has 3 heteroatoms. The summed E-state index contributed by atoms with van der Waals surface area (Å²) in [5, 5.41) is 0. The largest absolute Gasteiger partial charge is 0.504 e. The standard InChI is InChI=1S/C9H8BrFO/c1-12-5-4-7-2-3-8(10)6-9(7)11/h2-6H,1H3/b5-4+. The number of ether oxygens (including phenoxy) is 1. The topological polar surface area (TPSA) is 9.23 Å². The highest BCUT2D eigenvalue weighted by Gasteiger charge is 1.97. The second kappa shape index (κ2) is 4.26. The lowest BCUT2D eigenvalue weighted by atomic mass is 10.2. The van der Waals surface area contributed by atoms with E-state index in [0.29, 0.717) is 5.56 Å². The summed E-state index contributed by atoms with van der Waals surface area (Å²) in [6.45, 7) is 0. The molecule has 0 saturated heterocycles. The average Bonchev–Trinajstić information content (AvgIpc) is 2.03. The molecule has 0 heterocycles. The number of hydrogen-bond acceptors (Lipinski definition) is 1. The molecule has 0 aliphatic heterocycles. The third kappa shape index (κ3) is 2.34. The minimum Gasteiger partial charge on any atom is -0.504 e. The molecule has 0 fully saturated rings. The Bertz CT molecular complexity index is 297. The quantitative estimate of drug-likeness (QED) is 0.710. The van der Waals surface area contributed by atoms with Crippen LogP contribution in [0.25, 0.3) is 6.08 Å². The van der Waals surface area contributed by atoms with Gasteiger partial charge in [0.05, 0.1) is 13.4 Å². The normalized spacial score (nSPS) is 10.6. The van der Waals surface area contributed by atoms with Gasteiger partial charge in [0.15, 0.2) is 0 Å². The molecule has 1 nitrogen and oxygen atoms in total. The zero-order valence-electron chi connectivity index (χ0n) is 6.55. The average molecular weight is 231 g/mol. The Morgan fingerprint density at radius 2 is 2.25 bits per heavy atom. The van der Waals surface area contributed by atoms with Crippen molar-refractivity contribution in [3.05, 3.63) is 40.3 Å². The molecule has 0 aliphatic carbocycles. The highest BCUT2D eigenvalue weighted by molar-refractivity contribution is 9.10. The molecular weight excluding hydrogens is 223 g/mol. The summed E-state index contributed by atoms with van der Waals surface area (Å²) in [5.74, 6) is -0.266. The van der Waals surface area contributed by atoms with Crippen molar-refractivity contribution in [2.75, 3.05) is 7.11 Å². The van der Waals surface area contributed by atoms with Crippen molar-refractivity contribution in [3.63, 3.8) is 0 Å². The predicted octanol–water partition coefficient (Wildman–Crippen LogP) is 3.21. The van der Waals surface area contributed by atoms with Gasteiger partial charge in [-0.2, -0.15) is 0 Å². The van der Waals surface area contributed by atoms with E-state index in [1.165, 1.54) is 19.4 Å². The Morgan fingerprint density at radius 1 is 1.50 bits per heavy atom. The summed E-state index contributed by atoms with van der Waals surface area (Å²) in [5.41, 5.74) is 0.514. The van der Waals surface area contributed by atoms with Gasteiger partial charge in [0, 0.05) is 10.0 Å². The van der Waals surface area contributed by atoms with Crippen LogP contribution in [0.5, 0.6) is 0 Å². The fourth-order valence-electron chi connectivity index (χ4n) is 0.778. The fraction of sp³-hybridized carbons (Fsp3) is 0.111. The van der Waals surface area contributed by atoms with E-state index in [-0.39, 0.29) is 5.82 Å². The molecule has 0 unspecified atom stereocenters. The van der Waals surface area contributed by atoms with Crippen LogP contribution in [0.4, 0.5) is 4.39 Å². The van der Waals surface area contributed by atoms with Gasteiger partial charge in [-0.05, 0) is 18.2 Å². The monoisotopic (exact) mass is 230 g/mol. The zero-order valence-corrected chi connectivity index (χ0v) is 8.14. The third-order valence-corrected chi connectivity index (χ3v) is 1.84. The second-order valence-electron chi connectivity index (χ2n) is 2.20. The van der Waals surface area contributed by atoms with Crippen molar-refractivity contribution in [2.45, 2.75) is 0 Å².